The predicted octanol–water partition coefficient (Wildman–Crippen LogP) is 3.67. The van der Waals surface area contributed by atoms with E-state index in [-0.39, 0.29) is 46.6 Å². The monoisotopic (exact) mass is 494 g/mol. The Morgan fingerprint density at radius 1 is 1.25 bits per heavy atom. The molecule has 2 atom stereocenters. The highest BCUT2D eigenvalue weighted by Crippen LogP contribution is 2.62. The predicted molar refractivity (Wildman–Crippen MR) is 127 cm³/mol. The van der Waals surface area contributed by atoms with Gasteiger partial charge in [-0.1, -0.05) is 19.8 Å². The number of esters is 1. The lowest BCUT2D eigenvalue weighted by atomic mass is 9.68. The number of nitrogens with zero attached hydrogens (tertiary/aromatic N) is 1. The van der Waals surface area contributed by atoms with Gasteiger partial charge in [-0.3, -0.25) is 4.79 Å². The number of fused-ring (bicyclic) bond motifs is 4. The number of carbonyl (C=O) groups is 2. The molecule has 3 aliphatic heterocycles. The number of halogens is 1. The molecule has 1 aromatic heterocycles. The number of benzene rings is 1. The van der Waals surface area contributed by atoms with E-state index in [0.29, 0.717) is 17.7 Å². The van der Waals surface area contributed by atoms with E-state index in [9.17, 15) is 14.4 Å². The summed E-state index contributed by atoms with van der Waals surface area (Å²) in [4.78, 5) is 43.5. The minimum atomic E-state index is -2.05. The molecule has 2 N–H and O–H groups in total. The summed E-state index contributed by atoms with van der Waals surface area (Å²) in [5.74, 6) is -2.13. The van der Waals surface area contributed by atoms with Gasteiger partial charge in [-0.25, -0.2) is 14.0 Å². The van der Waals surface area contributed by atoms with Gasteiger partial charge < -0.3 is 24.5 Å². The second-order valence-electron chi connectivity index (χ2n) is 10.3. The van der Waals surface area contributed by atoms with Crippen molar-refractivity contribution in [1.29, 1.82) is 0 Å². The molecule has 1 aliphatic carbocycles. The summed E-state index contributed by atoms with van der Waals surface area (Å²) < 4.78 is 31.7. The highest BCUT2D eigenvalue weighted by molar-refractivity contribution is 6.20. The van der Waals surface area contributed by atoms with Gasteiger partial charge >= 0.3 is 11.6 Å². The molecule has 1 saturated carbocycles. The van der Waals surface area contributed by atoms with E-state index in [1.54, 1.807) is 18.7 Å². The van der Waals surface area contributed by atoms with Gasteiger partial charge in [0.15, 0.2) is 0 Å². The number of nitrogens with two attached hydrogens (primary N) is 1. The zero-order chi connectivity index (χ0) is 25.6. The third-order valence-electron chi connectivity index (χ3n) is 8.22. The van der Waals surface area contributed by atoms with Crippen LogP contribution in [-0.2, 0) is 19.7 Å². The number of aryl methyl sites for hydroxylation is 1. The first kappa shape index (κ1) is 22.8. The molecule has 8 nitrogen and oxygen atoms in total. The molecule has 1 aromatic carbocycles. The summed E-state index contributed by atoms with van der Waals surface area (Å²) in [6.45, 7) is 5.21. The van der Waals surface area contributed by atoms with Crippen molar-refractivity contribution in [3.05, 3.63) is 68.3 Å². The molecular formula is C27H27FN2O6. The lowest BCUT2D eigenvalue weighted by Gasteiger charge is -2.46. The van der Waals surface area contributed by atoms with Crippen molar-refractivity contribution in [2.75, 3.05) is 11.5 Å². The Bertz CT molecular complexity index is 1440. The van der Waals surface area contributed by atoms with Crippen LogP contribution in [0.25, 0.3) is 0 Å². The molecule has 188 valence electrons. The highest BCUT2D eigenvalue weighted by atomic mass is 19.1. The van der Waals surface area contributed by atoms with Crippen molar-refractivity contribution < 1.29 is 27.9 Å². The summed E-state index contributed by atoms with van der Waals surface area (Å²) in [6.07, 6.45) is 4.09. The standard InChI is InChI=1S/C27H27FN2O6/c1-4-34-23(31)20-22(29)36-18-9-14(3)35-24(32)19(18)27(20)17-11-15(28)10-16-13(2)12-26(7-5-6-8-26)30(21(16)17)25(27)33/h9-11,13H,4-8,12,29H2,1-3H3/t13-,27-/m1/s1. The second kappa shape index (κ2) is 7.44. The molecule has 6 rings (SSSR count). The van der Waals surface area contributed by atoms with E-state index in [4.69, 9.17) is 19.6 Å². The summed E-state index contributed by atoms with van der Waals surface area (Å²) in [5.41, 5.74) is 3.82. The van der Waals surface area contributed by atoms with Crippen molar-refractivity contribution in [2.24, 2.45) is 5.73 Å². The Labute approximate surface area is 206 Å². The van der Waals surface area contributed by atoms with Crippen LogP contribution in [-0.4, -0.2) is 24.0 Å². The fourth-order valence-corrected chi connectivity index (χ4v) is 7.02. The van der Waals surface area contributed by atoms with E-state index in [1.165, 1.54) is 18.2 Å². The quantitative estimate of drug-likeness (QED) is 0.634. The van der Waals surface area contributed by atoms with Gasteiger partial charge in [0.1, 0.15) is 33.9 Å². The molecule has 36 heavy (non-hydrogen) atoms. The van der Waals surface area contributed by atoms with Gasteiger partial charge in [-0.2, -0.15) is 0 Å². The Morgan fingerprint density at radius 3 is 2.67 bits per heavy atom. The van der Waals surface area contributed by atoms with E-state index >= 15 is 4.39 Å². The molecular weight excluding hydrogens is 467 g/mol. The summed E-state index contributed by atoms with van der Waals surface area (Å²) in [6, 6.07) is 4.13. The van der Waals surface area contributed by atoms with Crippen molar-refractivity contribution >= 4 is 17.6 Å². The normalized spacial score (nSPS) is 25.3. The summed E-state index contributed by atoms with van der Waals surface area (Å²) in [7, 11) is 0. The molecule has 4 aliphatic rings. The fraction of sp³-hybridized carbons (Fsp3) is 0.444. The van der Waals surface area contributed by atoms with Gasteiger partial charge in [0, 0.05) is 17.2 Å². The molecule has 2 aromatic rings. The number of rotatable bonds is 2. The first-order valence-corrected chi connectivity index (χ1v) is 12.3. The Hall–Kier alpha value is -3.62. The number of ether oxygens (including phenoxy) is 2. The molecule has 0 unspecified atom stereocenters. The van der Waals surface area contributed by atoms with Crippen molar-refractivity contribution in [3.8, 4) is 5.75 Å². The molecule has 0 bridgehead atoms. The van der Waals surface area contributed by atoms with Gasteiger partial charge in [-0.05, 0) is 56.7 Å². The largest absolute Gasteiger partial charge is 0.462 e. The molecule has 1 fully saturated rings. The Balaban J connectivity index is 1.78. The number of anilines is 1. The minimum absolute atomic E-state index is 0.00118. The molecule has 1 amide bonds. The second-order valence-corrected chi connectivity index (χ2v) is 10.3. The van der Waals surface area contributed by atoms with Crippen LogP contribution in [0.5, 0.6) is 5.75 Å². The molecule has 0 radical (unpaired) electrons. The average molecular weight is 495 g/mol. The van der Waals surface area contributed by atoms with Crippen molar-refractivity contribution in [1.82, 2.24) is 0 Å². The maximum absolute atomic E-state index is 15.3. The maximum Gasteiger partial charge on any atom is 0.344 e. The van der Waals surface area contributed by atoms with Gasteiger partial charge in [0.05, 0.1) is 12.3 Å². The average Bonchev–Trinajstić information content (AvgIpc) is 3.34. The van der Waals surface area contributed by atoms with Crippen molar-refractivity contribution in [2.45, 2.75) is 69.7 Å². The fourth-order valence-electron chi connectivity index (χ4n) is 7.02. The molecule has 4 heterocycles. The minimum Gasteiger partial charge on any atom is -0.462 e. The van der Waals surface area contributed by atoms with Crippen LogP contribution in [0.2, 0.25) is 0 Å². The molecule has 9 heteroatoms. The topological polar surface area (TPSA) is 112 Å². The lowest BCUT2D eigenvalue weighted by Crippen LogP contribution is -2.57. The van der Waals surface area contributed by atoms with Crippen LogP contribution < -0.4 is 21.0 Å². The van der Waals surface area contributed by atoms with E-state index < -0.39 is 34.3 Å². The summed E-state index contributed by atoms with van der Waals surface area (Å²) in [5, 5.41) is 0. The zero-order valence-corrected chi connectivity index (χ0v) is 20.4. The molecule has 2 spiro atoms. The highest BCUT2D eigenvalue weighted by Gasteiger charge is 2.67. The third-order valence-corrected chi connectivity index (χ3v) is 8.22. The van der Waals surface area contributed by atoms with Crippen molar-refractivity contribution in [3.63, 3.8) is 0 Å². The van der Waals surface area contributed by atoms with Crippen LogP contribution in [0.1, 0.15) is 74.3 Å². The maximum atomic E-state index is 15.3. The summed E-state index contributed by atoms with van der Waals surface area (Å²) >= 11 is 0. The lowest BCUT2D eigenvalue weighted by molar-refractivity contribution is -0.141. The van der Waals surface area contributed by atoms with Crippen LogP contribution in [0.4, 0.5) is 10.1 Å². The SMILES string of the molecule is CCOC(=O)C1=C(N)Oc2cc(C)oc(=O)c2[C@@]12C(=O)N1c3c(cc(F)cc32)[C@H](C)CC12CCCC2. The first-order valence-electron chi connectivity index (χ1n) is 12.3. The van der Waals surface area contributed by atoms with Crippen LogP contribution >= 0.6 is 0 Å². The van der Waals surface area contributed by atoms with Gasteiger partial charge in [0.25, 0.3) is 0 Å². The number of hydrogen-bond donors (Lipinski definition) is 1. The van der Waals surface area contributed by atoms with Crippen LogP contribution in [0, 0.1) is 12.7 Å². The third kappa shape index (κ3) is 2.66. The first-order chi connectivity index (χ1) is 17.2. The van der Waals surface area contributed by atoms with Gasteiger partial charge in [-0.15, -0.1) is 0 Å². The van der Waals surface area contributed by atoms with Crippen LogP contribution in [0.15, 0.2) is 38.9 Å². The van der Waals surface area contributed by atoms with Crippen LogP contribution in [0.3, 0.4) is 0 Å². The Kier molecular flexibility index (Phi) is 4.72. The molecule has 0 saturated heterocycles. The number of amides is 1. The van der Waals surface area contributed by atoms with E-state index in [1.807, 2.05) is 6.92 Å². The van der Waals surface area contributed by atoms with E-state index in [2.05, 4.69) is 0 Å². The smallest absolute Gasteiger partial charge is 0.344 e. The van der Waals surface area contributed by atoms with Gasteiger partial charge in [0.2, 0.25) is 11.8 Å². The number of carbonyl (C=O) groups excluding carboxylic acids is 2. The number of hydrogen-bond acceptors (Lipinski definition) is 7. The Morgan fingerprint density at radius 2 is 1.97 bits per heavy atom. The zero-order valence-electron chi connectivity index (χ0n) is 20.4. The van der Waals surface area contributed by atoms with E-state index in [0.717, 1.165) is 25.7 Å².